The zero-order chi connectivity index (χ0) is 22.4. The molecule has 0 aromatic heterocycles. The summed E-state index contributed by atoms with van der Waals surface area (Å²) < 4.78 is 33.3. The molecule has 0 spiro atoms. The first-order valence-corrected chi connectivity index (χ1v) is 11.5. The molecule has 0 unspecified atom stereocenters. The Morgan fingerprint density at radius 2 is 1.61 bits per heavy atom. The summed E-state index contributed by atoms with van der Waals surface area (Å²) in [7, 11) is -2.22. The van der Waals surface area contributed by atoms with Gasteiger partial charge in [-0.2, -0.15) is 0 Å². The summed E-state index contributed by atoms with van der Waals surface area (Å²) in [4.78, 5) is 13.2. The van der Waals surface area contributed by atoms with Gasteiger partial charge in [0, 0.05) is 0 Å². The van der Waals surface area contributed by atoms with Crippen LogP contribution in [-0.4, -0.2) is 21.4 Å². The van der Waals surface area contributed by atoms with Crippen LogP contribution in [0, 0.1) is 6.92 Å². The van der Waals surface area contributed by atoms with E-state index >= 15 is 0 Å². The molecule has 6 nitrogen and oxygen atoms in total. The lowest BCUT2D eigenvalue weighted by molar-refractivity contribution is 0.0936. The number of methoxy groups -OCH3 is 1. The molecule has 0 aliphatic heterocycles. The Morgan fingerprint density at radius 1 is 0.968 bits per heavy atom. The van der Waals surface area contributed by atoms with Gasteiger partial charge in [0.1, 0.15) is 5.75 Å². The Labute approximate surface area is 183 Å². The van der Waals surface area contributed by atoms with Gasteiger partial charge in [-0.3, -0.25) is 9.52 Å². The second-order valence-corrected chi connectivity index (χ2v) is 8.85. The van der Waals surface area contributed by atoms with Crippen LogP contribution < -0.4 is 14.8 Å². The van der Waals surface area contributed by atoms with Crippen LogP contribution in [0.2, 0.25) is 0 Å². The van der Waals surface area contributed by atoms with E-state index in [1.54, 1.807) is 43.5 Å². The fraction of sp³-hybridized carbons (Fsp3) is 0.208. The summed E-state index contributed by atoms with van der Waals surface area (Å²) in [6, 6.07) is 20.4. The first-order valence-electron chi connectivity index (χ1n) is 9.97. The molecule has 0 aliphatic carbocycles. The first kappa shape index (κ1) is 22.4. The molecule has 31 heavy (non-hydrogen) atoms. The third-order valence-corrected chi connectivity index (χ3v) is 6.36. The minimum absolute atomic E-state index is 0.137. The summed E-state index contributed by atoms with van der Waals surface area (Å²) >= 11 is 0. The summed E-state index contributed by atoms with van der Waals surface area (Å²) in [5.74, 6) is 0.380. The molecule has 3 aromatic rings. The molecule has 3 aromatic carbocycles. The Hall–Kier alpha value is -3.32. The monoisotopic (exact) mass is 438 g/mol. The van der Waals surface area contributed by atoms with E-state index in [-0.39, 0.29) is 28.1 Å². The van der Waals surface area contributed by atoms with Crippen LogP contribution in [0.1, 0.15) is 40.9 Å². The SMILES string of the molecule is CC[C@@H](NC(=O)c1ccccc1NS(=O)(=O)c1ccc(C)cc1)c1ccc(OC)cc1. The van der Waals surface area contributed by atoms with Gasteiger partial charge >= 0.3 is 0 Å². The highest BCUT2D eigenvalue weighted by molar-refractivity contribution is 7.92. The first-order chi connectivity index (χ1) is 14.8. The molecular weight excluding hydrogens is 412 g/mol. The maximum absolute atomic E-state index is 13.0. The Balaban J connectivity index is 1.82. The van der Waals surface area contributed by atoms with Crippen LogP contribution in [0.3, 0.4) is 0 Å². The average molecular weight is 439 g/mol. The number of benzene rings is 3. The van der Waals surface area contributed by atoms with E-state index in [4.69, 9.17) is 4.74 Å². The molecular formula is C24H26N2O4S. The lowest BCUT2D eigenvalue weighted by Gasteiger charge is -2.19. The van der Waals surface area contributed by atoms with E-state index in [1.807, 2.05) is 38.1 Å². The van der Waals surface area contributed by atoms with Crippen molar-refractivity contribution in [1.82, 2.24) is 5.32 Å². The van der Waals surface area contributed by atoms with E-state index in [0.717, 1.165) is 16.9 Å². The van der Waals surface area contributed by atoms with Crippen molar-refractivity contribution >= 4 is 21.6 Å². The molecule has 0 saturated carbocycles. The third kappa shape index (κ3) is 5.44. The molecule has 0 aliphatic rings. The number of amides is 1. The molecule has 0 radical (unpaired) electrons. The highest BCUT2D eigenvalue weighted by Gasteiger charge is 2.20. The van der Waals surface area contributed by atoms with Crippen molar-refractivity contribution in [1.29, 1.82) is 0 Å². The van der Waals surface area contributed by atoms with E-state index in [2.05, 4.69) is 10.0 Å². The predicted octanol–water partition coefficient (Wildman–Crippen LogP) is 4.69. The molecule has 1 amide bonds. The largest absolute Gasteiger partial charge is 0.497 e. The highest BCUT2D eigenvalue weighted by Crippen LogP contribution is 2.24. The van der Waals surface area contributed by atoms with Gasteiger partial charge in [0.25, 0.3) is 15.9 Å². The molecule has 0 heterocycles. The number of carbonyl (C=O) groups excluding carboxylic acids is 1. The Kier molecular flexibility index (Phi) is 6.97. The van der Waals surface area contributed by atoms with Crippen molar-refractivity contribution in [2.75, 3.05) is 11.8 Å². The van der Waals surface area contributed by atoms with Crippen LogP contribution >= 0.6 is 0 Å². The van der Waals surface area contributed by atoms with Gasteiger partial charge in [-0.1, -0.05) is 48.9 Å². The van der Waals surface area contributed by atoms with E-state index in [9.17, 15) is 13.2 Å². The van der Waals surface area contributed by atoms with Gasteiger partial charge < -0.3 is 10.1 Å². The molecule has 2 N–H and O–H groups in total. The average Bonchev–Trinajstić information content (AvgIpc) is 2.78. The molecule has 0 bridgehead atoms. The van der Waals surface area contributed by atoms with Gasteiger partial charge in [0.2, 0.25) is 0 Å². The van der Waals surface area contributed by atoms with Gasteiger partial charge in [0.15, 0.2) is 0 Å². The minimum Gasteiger partial charge on any atom is -0.497 e. The quantitative estimate of drug-likeness (QED) is 0.535. The summed E-state index contributed by atoms with van der Waals surface area (Å²) in [6.45, 7) is 3.86. The van der Waals surface area contributed by atoms with Crippen molar-refractivity contribution in [3.05, 3.63) is 89.5 Å². The summed E-state index contributed by atoms with van der Waals surface area (Å²) in [6.07, 6.45) is 0.676. The highest BCUT2D eigenvalue weighted by atomic mass is 32.2. The molecule has 0 fully saturated rings. The number of aryl methyl sites for hydroxylation is 1. The smallest absolute Gasteiger partial charge is 0.261 e. The topological polar surface area (TPSA) is 84.5 Å². The van der Waals surface area contributed by atoms with Crippen molar-refractivity contribution in [3.63, 3.8) is 0 Å². The van der Waals surface area contributed by atoms with E-state index < -0.39 is 10.0 Å². The zero-order valence-electron chi connectivity index (χ0n) is 17.8. The fourth-order valence-corrected chi connectivity index (χ4v) is 4.26. The van der Waals surface area contributed by atoms with Crippen molar-refractivity contribution in [3.8, 4) is 5.75 Å². The summed E-state index contributed by atoms with van der Waals surface area (Å²) in [5.41, 5.74) is 2.38. The van der Waals surface area contributed by atoms with Crippen LogP contribution in [0.5, 0.6) is 5.75 Å². The standard InChI is InChI=1S/C24H26N2O4S/c1-4-22(18-11-13-19(30-3)14-12-18)25-24(27)21-7-5-6-8-23(21)26-31(28,29)20-15-9-17(2)10-16-20/h5-16,22,26H,4H2,1-3H3,(H,25,27)/t22-/m1/s1. The predicted molar refractivity (Wildman–Crippen MR) is 122 cm³/mol. The number of hydrogen-bond acceptors (Lipinski definition) is 4. The number of rotatable bonds is 8. The maximum atomic E-state index is 13.0. The fourth-order valence-electron chi connectivity index (χ4n) is 3.18. The molecule has 162 valence electrons. The van der Waals surface area contributed by atoms with Crippen LogP contribution in [-0.2, 0) is 10.0 Å². The van der Waals surface area contributed by atoms with Crippen molar-refractivity contribution in [2.24, 2.45) is 0 Å². The summed E-state index contributed by atoms with van der Waals surface area (Å²) in [5, 5.41) is 3.00. The minimum atomic E-state index is -3.82. The van der Waals surface area contributed by atoms with E-state index in [1.165, 1.54) is 12.1 Å². The maximum Gasteiger partial charge on any atom is 0.261 e. The number of anilines is 1. The third-order valence-electron chi connectivity index (χ3n) is 4.98. The van der Waals surface area contributed by atoms with Gasteiger partial charge in [0.05, 0.1) is 29.3 Å². The lowest BCUT2D eigenvalue weighted by atomic mass is 10.0. The number of nitrogens with one attached hydrogen (secondary N) is 2. The van der Waals surface area contributed by atoms with Crippen LogP contribution in [0.4, 0.5) is 5.69 Å². The molecule has 0 saturated heterocycles. The number of sulfonamides is 1. The molecule has 3 rings (SSSR count). The number of hydrogen-bond donors (Lipinski definition) is 2. The number of ether oxygens (including phenoxy) is 1. The second-order valence-electron chi connectivity index (χ2n) is 7.17. The van der Waals surface area contributed by atoms with Gasteiger partial charge in [-0.25, -0.2) is 8.42 Å². The number of carbonyl (C=O) groups is 1. The second kappa shape index (κ2) is 9.66. The van der Waals surface area contributed by atoms with Crippen molar-refractivity contribution in [2.45, 2.75) is 31.2 Å². The van der Waals surface area contributed by atoms with Crippen LogP contribution in [0.25, 0.3) is 0 Å². The normalized spacial score (nSPS) is 12.1. The molecule has 7 heteroatoms. The Bertz CT molecular complexity index is 1140. The van der Waals surface area contributed by atoms with Gasteiger partial charge in [-0.05, 0) is 55.3 Å². The Morgan fingerprint density at radius 3 is 2.23 bits per heavy atom. The number of para-hydroxylation sites is 1. The van der Waals surface area contributed by atoms with Crippen molar-refractivity contribution < 1.29 is 17.9 Å². The lowest BCUT2D eigenvalue weighted by Crippen LogP contribution is -2.29. The van der Waals surface area contributed by atoms with E-state index in [0.29, 0.717) is 6.42 Å². The van der Waals surface area contributed by atoms with Gasteiger partial charge in [-0.15, -0.1) is 0 Å². The zero-order valence-corrected chi connectivity index (χ0v) is 18.6. The van der Waals surface area contributed by atoms with Crippen LogP contribution in [0.15, 0.2) is 77.7 Å². The molecule has 1 atom stereocenters.